The molecule has 0 bridgehead atoms. The molecule has 0 radical (unpaired) electrons. The van der Waals surface area contributed by atoms with E-state index in [1.54, 1.807) is 24.3 Å². The first kappa shape index (κ1) is 21.6. The normalized spacial score (nSPS) is 16.2. The fraction of sp³-hybridized carbons (Fsp3) is 0.320. The van der Waals surface area contributed by atoms with Crippen LogP contribution in [0.2, 0.25) is 0 Å². The van der Waals surface area contributed by atoms with Crippen molar-refractivity contribution in [1.29, 1.82) is 0 Å². The molecule has 1 saturated heterocycles. The summed E-state index contributed by atoms with van der Waals surface area (Å²) in [6, 6.07) is 14.9. The summed E-state index contributed by atoms with van der Waals surface area (Å²) < 4.78 is 0. The van der Waals surface area contributed by atoms with E-state index in [1.165, 1.54) is 24.7 Å². The molecule has 2 heterocycles. The Morgan fingerprint density at radius 3 is 2.12 bits per heavy atom. The Balaban J connectivity index is 1.64. The maximum absolute atomic E-state index is 13.1. The molecule has 4 rings (SSSR count). The van der Waals surface area contributed by atoms with Crippen LogP contribution in [0.1, 0.15) is 38.7 Å². The fourth-order valence-corrected chi connectivity index (χ4v) is 4.19. The van der Waals surface area contributed by atoms with E-state index < -0.39 is 0 Å². The van der Waals surface area contributed by atoms with Crippen LogP contribution < -0.4 is 15.5 Å². The van der Waals surface area contributed by atoms with Crippen LogP contribution in [0.3, 0.4) is 0 Å². The summed E-state index contributed by atoms with van der Waals surface area (Å²) in [6.45, 7) is 5.87. The van der Waals surface area contributed by atoms with Crippen LogP contribution >= 0.6 is 0 Å². The van der Waals surface area contributed by atoms with Crippen LogP contribution in [0.25, 0.3) is 5.57 Å². The number of rotatable bonds is 7. The third-order valence-electron chi connectivity index (χ3n) is 5.72. The van der Waals surface area contributed by atoms with Crippen molar-refractivity contribution in [2.24, 2.45) is 0 Å². The van der Waals surface area contributed by atoms with Gasteiger partial charge in [0.1, 0.15) is 5.70 Å². The predicted molar refractivity (Wildman–Crippen MR) is 126 cm³/mol. The lowest BCUT2D eigenvalue weighted by Crippen LogP contribution is -2.33. The van der Waals surface area contributed by atoms with Gasteiger partial charge in [-0.2, -0.15) is 0 Å². The van der Waals surface area contributed by atoms with Crippen LogP contribution in [0.5, 0.6) is 0 Å². The van der Waals surface area contributed by atoms with Gasteiger partial charge in [0.15, 0.2) is 0 Å². The van der Waals surface area contributed by atoms with Crippen LogP contribution in [-0.4, -0.2) is 42.3 Å². The SMILES string of the molecule is CCCN1C(=O)C(Nc2ccc(N3CCCC3)cc2)=C(c2ccc(NC(C)=O)cc2)C1=O. The molecule has 1 fully saturated rings. The summed E-state index contributed by atoms with van der Waals surface area (Å²) in [5, 5.41) is 5.92. The van der Waals surface area contributed by atoms with Crippen molar-refractivity contribution in [2.45, 2.75) is 33.1 Å². The van der Waals surface area contributed by atoms with E-state index in [2.05, 4.69) is 15.5 Å². The minimum atomic E-state index is -0.318. The summed E-state index contributed by atoms with van der Waals surface area (Å²) >= 11 is 0. The molecule has 0 aromatic heterocycles. The molecule has 32 heavy (non-hydrogen) atoms. The zero-order valence-corrected chi connectivity index (χ0v) is 18.5. The number of carbonyl (C=O) groups is 3. The van der Waals surface area contributed by atoms with Gasteiger partial charge in [0.25, 0.3) is 11.8 Å². The molecule has 2 aromatic carbocycles. The number of nitrogens with zero attached hydrogens (tertiary/aromatic N) is 2. The second kappa shape index (κ2) is 9.26. The Kier molecular flexibility index (Phi) is 6.25. The number of carbonyl (C=O) groups excluding carboxylic acids is 3. The minimum absolute atomic E-state index is 0.169. The zero-order valence-electron chi connectivity index (χ0n) is 18.5. The molecule has 0 atom stereocenters. The van der Waals surface area contributed by atoms with Gasteiger partial charge in [-0.15, -0.1) is 0 Å². The van der Waals surface area contributed by atoms with Gasteiger partial charge < -0.3 is 15.5 Å². The lowest BCUT2D eigenvalue weighted by Gasteiger charge is -2.18. The molecule has 0 aliphatic carbocycles. The van der Waals surface area contributed by atoms with Gasteiger partial charge in [-0.3, -0.25) is 19.3 Å². The van der Waals surface area contributed by atoms with Gasteiger partial charge in [-0.1, -0.05) is 19.1 Å². The van der Waals surface area contributed by atoms with Crippen LogP contribution in [0.15, 0.2) is 54.2 Å². The summed E-state index contributed by atoms with van der Waals surface area (Å²) in [7, 11) is 0. The Morgan fingerprint density at radius 2 is 1.53 bits per heavy atom. The van der Waals surface area contributed by atoms with E-state index in [-0.39, 0.29) is 23.4 Å². The number of hydrogen-bond donors (Lipinski definition) is 2. The monoisotopic (exact) mass is 432 g/mol. The maximum Gasteiger partial charge on any atom is 0.278 e. The van der Waals surface area contributed by atoms with E-state index in [9.17, 15) is 14.4 Å². The van der Waals surface area contributed by atoms with Gasteiger partial charge in [-0.05, 0) is 61.2 Å². The number of benzene rings is 2. The van der Waals surface area contributed by atoms with Crippen molar-refractivity contribution in [3.8, 4) is 0 Å². The third kappa shape index (κ3) is 4.37. The number of hydrogen-bond acceptors (Lipinski definition) is 5. The van der Waals surface area contributed by atoms with Crippen LogP contribution in [0.4, 0.5) is 17.1 Å². The van der Waals surface area contributed by atoms with Crippen molar-refractivity contribution < 1.29 is 14.4 Å². The number of amides is 3. The molecule has 7 heteroatoms. The molecule has 2 aliphatic heterocycles. The first-order valence-corrected chi connectivity index (χ1v) is 11.1. The van der Waals surface area contributed by atoms with Crippen molar-refractivity contribution in [3.63, 3.8) is 0 Å². The highest BCUT2D eigenvalue weighted by molar-refractivity contribution is 6.36. The maximum atomic E-state index is 13.1. The Hall–Kier alpha value is -3.61. The Bertz CT molecular complexity index is 1050. The first-order chi connectivity index (χ1) is 15.5. The zero-order chi connectivity index (χ0) is 22.7. The quantitative estimate of drug-likeness (QED) is 0.650. The number of anilines is 3. The summed E-state index contributed by atoms with van der Waals surface area (Å²) in [5.41, 5.74) is 3.82. The van der Waals surface area contributed by atoms with Gasteiger partial charge in [0, 0.05) is 43.6 Å². The molecule has 2 aliphatic rings. The fourth-order valence-electron chi connectivity index (χ4n) is 4.19. The summed E-state index contributed by atoms with van der Waals surface area (Å²) in [4.78, 5) is 41.2. The smallest absolute Gasteiger partial charge is 0.278 e. The molecular weight excluding hydrogens is 404 g/mol. The molecule has 3 amide bonds. The van der Waals surface area contributed by atoms with Gasteiger partial charge in [0.05, 0.1) is 5.57 Å². The van der Waals surface area contributed by atoms with Crippen molar-refractivity contribution in [2.75, 3.05) is 35.2 Å². The Morgan fingerprint density at radius 1 is 0.906 bits per heavy atom. The molecule has 7 nitrogen and oxygen atoms in total. The van der Waals surface area contributed by atoms with E-state index in [4.69, 9.17) is 0 Å². The highest BCUT2D eigenvalue weighted by Gasteiger charge is 2.38. The minimum Gasteiger partial charge on any atom is -0.372 e. The highest BCUT2D eigenvalue weighted by Crippen LogP contribution is 2.32. The predicted octanol–water partition coefficient (Wildman–Crippen LogP) is 3.85. The molecule has 0 spiro atoms. The molecular formula is C25H28N4O3. The first-order valence-electron chi connectivity index (χ1n) is 11.1. The number of nitrogens with one attached hydrogen (secondary N) is 2. The molecule has 166 valence electrons. The lowest BCUT2D eigenvalue weighted by atomic mass is 10.0. The second-order valence-electron chi connectivity index (χ2n) is 8.14. The average molecular weight is 433 g/mol. The van der Waals surface area contributed by atoms with E-state index >= 15 is 0 Å². The van der Waals surface area contributed by atoms with Crippen molar-refractivity contribution >= 4 is 40.4 Å². The molecule has 0 saturated carbocycles. The molecule has 2 N–H and O–H groups in total. The van der Waals surface area contributed by atoms with E-state index in [1.807, 2.05) is 31.2 Å². The van der Waals surface area contributed by atoms with Crippen molar-refractivity contribution in [1.82, 2.24) is 4.90 Å². The topological polar surface area (TPSA) is 81.8 Å². The van der Waals surface area contributed by atoms with Gasteiger partial charge >= 0.3 is 0 Å². The lowest BCUT2D eigenvalue weighted by molar-refractivity contribution is -0.136. The van der Waals surface area contributed by atoms with Crippen molar-refractivity contribution in [3.05, 3.63) is 59.8 Å². The Labute approximate surface area is 188 Å². The number of imide groups is 1. The molecule has 2 aromatic rings. The largest absolute Gasteiger partial charge is 0.372 e. The standard InChI is InChI=1S/C25H28N4O3/c1-3-14-29-24(31)22(18-6-8-19(9-7-18)26-17(2)30)23(25(29)32)27-20-10-12-21(13-11-20)28-15-4-5-16-28/h6-13,27H,3-5,14-16H2,1-2H3,(H,26,30). The van der Waals surface area contributed by atoms with E-state index in [0.717, 1.165) is 24.5 Å². The van der Waals surface area contributed by atoms with E-state index in [0.29, 0.717) is 29.8 Å². The summed E-state index contributed by atoms with van der Waals surface area (Å²) in [5.74, 6) is -0.792. The average Bonchev–Trinajstić information content (AvgIpc) is 3.39. The molecule has 0 unspecified atom stereocenters. The van der Waals surface area contributed by atoms with Gasteiger partial charge in [0.2, 0.25) is 5.91 Å². The summed E-state index contributed by atoms with van der Waals surface area (Å²) in [6.07, 6.45) is 3.10. The highest BCUT2D eigenvalue weighted by atomic mass is 16.2. The van der Waals surface area contributed by atoms with Gasteiger partial charge in [-0.25, -0.2) is 0 Å². The van der Waals surface area contributed by atoms with Crippen LogP contribution in [-0.2, 0) is 14.4 Å². The second-order valence-corrected chi connectivity index (χ2v) is 8.14. The third-order valence-corrected chi connectivity index (χ3v) is 5.72. The van der Waals surface area contributed by atoms with Crippen LogP contribution in [0, 0.1) is 0 Å².